The third kappa shape index (κ3) is 4.16. The van der Waals surface area contributed by atoms with E-state index in [0.29, 0.717) is 21.7 Å². The average molecular weight is 448 g/mol. The number of aryl methyl sites for hydroxylation is 1. The number of hydrogen-bond acceptors (Lipinski definition) is 4. The van der Waals surface area contributed by atoms with Gasteiger partial charge in [-0.3, -0.25) is 4.79 Å². The number of pyridine rings is 1. The van der Waals surface area contributed by atoms with E-state index in [1.165, 1.54) is 0 Å². The van der Waals surface area contributed by atoms with Crippen molar-refractivity contribution in [1.82, 2.24) is 19.9 Å². The molecule has 0 bridgehead atoms. The zero-order valence-electron chi connectivity index (χ0n) is 16.3. The van der Waals surface area contributed by atoms with Gasteiger partial charge in [0.15, 0.2) is 5.82 Å². The number of nitrogens with zero attached hydrogens (tertiary/aromatic N) is 3. The molecule has 0 spiro atoms. The smallest absolute Gasteiger partial charge is 0.251 e. The van der Waals surface area contributed by atoms with Gasteiger partial charge in [-0.15, -0.1) is 0 Å². The van der Waals surface area contributed by atoms with Crippen LogP contribution in [-0.2, 0) is 0 Å². The van der Waals surface area contributed by atoms with E-state index in [9.17, 15) is 9.18 Å². The first-order valence-corrected chi connectivity index (χ1v) is 9.87. The second kappa shape index (κ2) is 8.26. The topological polar surface area (TPSA) is 71.8 Å². The lowest BCUT2D eigenvalue weighted by Crippen LogP contribution is -2.34. The summed E-state index contributed by atoms with van der Waals surface area (Å²) in [6.07, 6.45) is 1.79. The molecule has 0 radical (unpaired) electrons. The summed E-state index contributed by atoms with van der Waals surface area (Å²) >= 11 is 3.43. The van der Waals surface area contributed by atoms with Crippen molar-refractivity contribution in [2.24, 2.45) is 0 Å². The Kier molecular flexibility index (Phi) is 5.98. The van der Waals surface area contributed by atoms with Crippen LogP contribution in [0.15, 0.2) is 35.2 Å². The molecular weight excluding hydrogens is 425 g/mol. The van der Waals surface area contributed by atoms with Crippen LogP contribution in [0, 0.1) is 6.92 Å². The molecule has 0 aliphatic carbocycles. The highest BCUT2D eigenvalue weighted by molar-refractivity contribution is 9.10. The van der Waals surface area contributed by atoms with Crippen molar-refractivity contribution in [1.29, 1.82) is 0 Å². The number of alkyl halides is 1. The van der Waals surface area contributed by atoms with Gasteiger partial charge in [0.1, 0.15) is 16.8 Å². The highest BCUT2D eigenvalue weighted by atomic mass is 79.9. The van der Waals surface area contributed by atoms with Crippen LogP contribution in [-0.4, -0.2) is 33.2 Å². The second-order valence-electron chi connectivity index (χ2n) is 7.09. The van der Waals surface area contributed by atoms with Gasteiger partial charge in [0.2, 0.25) is 0 Å². The molecule has 0 saturated heterocycles. The average Bonchev–Trinajstić information content (AvgIpc) is 3.07. The lowest BCUT2D eigenvalue weighted by Gasteiger charge is -2.15. The van der Waals surface area contributed by atoms with Crippen LogP contribution >= 0.6 is 15.9 Å². The quantitative estimate of drug-likeness (QED) is 0.526. The number of carbonyl (C=O) groups is 1. The number of anilines is 2. The molecular formula is C20H23BrFN5O. The Hall–Kier alpha value is -2.48. The van der Waals surface area contributed by atoms with Crippen molar-refractivity contribution < 1.29 is 9.18 Å². The summed E-state index contributed by atoms with van der Waals surface area (Å²) in [5.74, 6) is 0.341. The third-order valence-corrected chi connectivity index (χ3v) is 4.84. The molecule has 1 amide bonds. The Morgan fingerprint density at radius 2 is 2.04 bits per heavy atom. The monoisotopic (exact) mass is 447 g/mol. The van der Waals surface area contributed by atoms with Crippen molar-refractivity contribution in [3.05, 3.63) is 46.3 Å². The molecule has 1 aromatic carbocycles. The van der Waals surface area contributed by atoms with Crippen molar-refractivity contribution in [3.63, 3.8) is 0 Å². The Morgan fingerprint density at radius 3 is 2.71 bits per heavy atom. The fourth-order valence-corrected chi connectivity index (χ4v) is 3.32. The first-order chi connectivity index (χ1) is 13.3. The number of hydrogen-bond donors (Lipinski definition) is 2. The highest BCUT2D eigenvalue weighted by Crippen LogP contribution is 2.29. The van der Waals surface area contributed by atoms with E-state index in [2.05, 4.69) is 50.4 Å². The molecule has 2 N–H and O–H groups in total. The number of fused-ring (bicyclic) bond motifs is 1. The number of nitrogens with one attached hydrogen (secondary N) is 2. The molecule has 0 aliphatic rings. The molecule has 0 unspecified atom stereocenters. The Balaban J connectivity index is 1.99. The van der Waals surface area contributed by atoms with Crippen LogP contribution in [0.4, 0.5) is 15.9 Å². The number of aromatic nitrogens is 3. The van der Waals surface area contributed by atoms with Crippen LogP contribution in [0.5, 0.6) is 0 Å². The number of benzene rings is 1. The summed E-state index contributed by atoms with van der Waals surface area (Å²) in [6.45, 7) is 7.02. The Labute approximate surface area is 171 Å². The molecule has 8 heteroatoms. The second-order valence-corrected chi connectivity index (χ2v) is 7.90. The lowest BCUT2D eigenvalue weighted by atomic mass is 10.1. The van der Waals surface area contributed by atoms with Gasteiger partial charge in [-0.25, -0.2) is 14.4 Å². The maximum Gasteiger partial charge on any atom is 0.251 e. The van der Waals surface area contributed by atoms with E-state index in [1.54, 1.807) is 19.3 Å². The predicted octanol–water partition coefficient (Wildman–Crippen LogP) is 4.91. The van der Waals surface area contributed by atoms with Crippen LogP contribution in [0.1, 0.15) is 42.7 Å². The molecule has 148 valence electrons. The van der Waals surface area contributed by atoms with E-state index in [1.807, 2.05) is 29.7 Å². The van der Waals surface area contributed by atoms with E-state index in [0.717, 1.165) is 16.6 Å². The Morgan fingerprint density at radius 1 is 1.29 bits per heavy atom. The summed E-state index contributed by atoms with van der Waals surface area (Å²) in [5.41, 5.74) is 3.73. The molecule has 1 atom stereocenters. The van der Waals surface area contributed by atoms with Crippen LogP contribution in [0.3, 0.4) is 0 Å². The largest absolute Gasteiger partial charge is 0.347 e. The van der Waals surface area contributed by atoms with Crippen LogP contribution in [0.2, 0.25) is 0 Å². The third-order valence-electron chi connectivity index (χ3n) is 4.43. The minimum atomic E-state index is -0.609. The maximum absolute atomic E-state index is 12.7. The Bertz CT molecular complexity index is 1020. The molecule has 0 fully saturated rings. The number of imidazole rings is 1. The van der Waals surface area contributed by atoms with Crippen molar-refractivity contribution in [3.8, 4) is 0 Å². The molecule has 6 nitrogen and oxygen atoms in total. The number of carbonyl (C=O) groups excluding carboxylic acids is 1. The highest BCUT2D eigenvalue weighted by Gasteiger charge is 2.16. The van der Waals surface area contributed by atoms with E-state index >= 15 is 0 Å². The minimum Gasteiger partial charge on any atom is -0.347 e. The molecule has 3 aromatic rings. The standard InChI is InChI=1S/C20H23BrFN5O/c1-11(2)27-10-23-16-8-17(21)26-19(18(16)27)25-14-6-5-12(3)15(7-14)20(28)24-13(4)9-22/h5-8,10-11,13H,9H2,1-4H3,(H,24,28)(H,25,26)/t13-/m1/s1. The molecule has 28 heavy (non-hydrogen) atoms. The lowest BCUT2D eigenvalue weighted by molar-refractivity contribution is 0.0933. The fourth-order valence-electron chi connectivity index (χ4n) is 2.93. The zero-order chi connectivity index (χ0) is 20.4. The van der Waals surface area contributed by atoms with Gasteiger partial charge in [-0.1, -0.05) is 6.07 Å². The first kappa shape index (κ1) is 20.3. The van der Waals surface area contributed by atoms with Gasteiger partial charge < -0.3 is 15.2 Å². The predicted molar refractivity (Wildman–Crippen MR) is 113 cm³/mol. The van der Waals surface area contributed by atoms with Crippen LogP contribution in [0.25, 0.3) is 11.0 Å². The minimum absolute atomic E-state index is 0.218. The summed E-state index contributed by atoms with van der Waals surface area (Å²) in [6, 6.07) is 7.04. The van der Waals surface area contributed by atoms with Gasteiger partial charge >= 0.3 is 0 Å². The molecule has 0 aliphatic heterocycles. The summed E-state index contributed by atoms with van der Waals surface area (Å²) < 4.78 is 15.4. The SMILES string of the molecule is Cc1ccc(Nc2nc(Br)cc3ncn(C(C)C)c23)cc1C(=O)N[C@H](C)CF. The van der Waals surface area contributed by atoms with Gasteiger partial charge in [0.05, 0.1) is 17.9 Å². The van der Waals surface area contributed by atoms with Crippen LogP contribution < -0.4 is 10.6 Å². The summed E-state index contributed by atoms with van der Waals surface area (Å²) in [4.78, 5) is 21.5. The van der Waals surface area contributed by atoms with Gasteiger partial charge in [-0.2, -0.15) is 0 Å². The first-order valence-electron chi connectivity index (χ1n) is 9.07. The van der Waals surface area contributed by atoms with E-state index < -0.39 is 12.7 Å². The molecule has 3 rings (SSSR count). The molecule has 2 heterocycles. The van der Waals surface area contributed by atoms with Gasteiger partial charge in [0, 0.05) is 17.3 Å². The van der Waals surface area contributed by atoms with Gasteiger partial charge in [-0.05, 0) is 67.4 Å². The van der Waals surface area contributed by atoms with E-state index in [-0.39, 0.29) is 11.9 Å². The number of halogens is 2. The number of rotatable bonds is 6. The zero-order valence-corrected chi connectivity index (χ0v) is 17.8. The number of amides is 1. The molecule has 0 saturated carbocycles. The van der Waals surface area contributed by atoms with Gasteiger partial charge in [0.25, 0.3) is 5.91 Å². The van der Waals surface area contributed by atoms with E-state index in [4.69, 9.17) is 0 Å². The maximum atomic E-state index is 12.7. The van der Waals surface area contributed by atoms with Crippen molar-refractivity contribution in [2.75, 3.05) is 12.0 Å². The summed E-state index contributed by atoms with van der Waals surface area (Å²) in [7, 11) is 0. The van der Waals surface area contributed by atoms with Crippen molar-refractivity contribution in [2.45, 2.75) is 39.8 Å². The summed E-state index contributed by atoms with van der Waals surface area (Å²) in [5, 5.41) is 5.96. The molecule has 2 aromatic heterocycles. The normalized spacial score (nSPS) is 12.4. The van der Waals surface area contributed by atoms with Crippen molar-refractivity contribution >= 4 is 44.4 Å². The fraction of sp³-hybridized carbons (Fsp3) is 0.350.